The monoisotopic (exact) mass is 352 g/mol. The lowest BCUT2D eigenvalue weighted by molar-refractivity contribution is -0.384. The fourth-order valence-corrected chi connectivity index (χ4v) is 1.88. The number of hydrogen-bond donors (Lipinski definition) is 3. The van der Waals surface area contributed by atoms with Crippen molar-refractivity contribution in [1.29, 1.82) is 5.26 Å². The number of anilines is 2. The lowest BCUT2D eigenvalue weighted by atomic mass is 10.2. The molecule has 0 radical (unpaired) electrons. The second-order valence-corrected chi connectivity index (χ2v) is 4.95. The number of nitro groups is 1. The maximum absolute atomic E-state index is 12.1. The summed E-state index contributed by atoms with van der Waals surface area (Å²) >= 11 is 0. The van der Waals surface area contributed by atoms with Crippen LogP contribution in [0.25, 0.3) is 0 Å². The summed E-state index contributed by atoms with van der Waals surface area (Å²) in [5.41, 5.74) is 0.547. The number of nitrogens with zero attached hydrogens (tertiary/aromatic N) is 2. The quantitative estimate of drug-likeness (QED) is 0.313. The van der Waals surface area contributed by atoms with Crippen LogP contribution in [-0.2, 0) is 4.79 Å². The van der Waals surface area contributed by atoms with Crippen LogP contribution >= 0.6 is 0 Å². The van der Waals surface area contributed by atoms with Crippen LogP contribution in [0.15, 0.2) is 60.3 Å². The third-order valence-electron chi connectivity index (χ3n) is 3.22. The highest BCUT2D eigenvalue weighted by Gasteiger charge is 2.10. The van der Waals surface area contributed by atoms with Crippen molar-refractivity contribution in [3.05, 3.63) is 76.0 Å². The van der Waals surface area contributed by atoms with Crippen LogP contribution in [0, 0.1) is 21.4 Å². The summed E-state index contributed by atoms with van der Waals surface area (Å²) in [6.45, 7) is 0. The molecule has 2 aromatic rings. The zero-order valence-electron chi connectivity index (χ0n) is 13.2. The minimum absolute atomic E-state index is 0.0684. The van der Waals surface area contributed by atoms with Gasteiger partial charge in [-0.15, -0.1) is 0 Å². The van der Waals surface area contributed by atoms with E-state index in [2.05, 4.69) is 10.6 Å². The lowest BCUT2D eigenvalue weighted by Crippen LogP contribution is -2.14. The number of hydrogen-bond acceptors (Lipinski definition) is 6. The summed E-state index contributed by atoms with van der Waals surface area (Å²) in [6, 6.07) is 12.6. The van der Waals surface area contributed by atoms with E-state index in [9.17, 15) is 19.7 Å². The average molecular weight is 352 g/mol. The van der Waals surface area contributed by atoms with E-state index in [4.69, 9.17) is 10.4 Å². The summed E-state index contributed by atoms with van der Waals surface area (Å²) in [6.07, 6.45) is 1.17. The fraction of sp³-hybridized carbons (Fsp3) is 0. The van der Waals surface area contributed by atoms with Gasteiger partial charge in [-0.3, -0.25) is 14.9 Å². The smallest absolute Gasteiger partial charge is 0.335 e. The molecule has 3 N–H and O–H groups in total. The second kappa shape index (κ2) is 8.07. The van der Waals surface area contributed by atoms with Crippen molar-refractivity contribution in [3.63, 3.8) is 0 Å². The van der Waals surface area contributed by atoms with Gasteiger partial charge in [0.25, 0.3) is 11.6 Å². The van der Waals surface area contributed by atoms with Gasteiger partial charge >= 0.3 is 5.97 Å². The lowest BCUT2D eigenvalue weighted by Gasteiger charge is -2.05. The van der Waals surface area contributed by atoms with E-state index in [1.165, 1.54) is 54.7 Å². The van der Waals surface area contributed by atoms with Crippen LogP contribution < -0.4 is 10.6 Å². The van der Waals surface area contributed by atoms with E-state index in [1.807, 2.05) is 0 Å². The molecule has 0 aliphatic heterocycles. The number of benzene rings is 2. The molecule has 2 aromatic carbocycles. The third kappa shape index (κ3) is 4.65. The van der Waals surface area contributed by atoms with Crippen molar-refractivity contribution >= 4 is 28.9 Å². The van der Waals surface area contributed by atoms with E-state index in [-0.39, 0.29) is 16.8 Å². The Morgan fingerprint density at radius 3 is 2.15 bits per heavy atom. The summed E-state index contributed by atoms with van der Waals surface area (Å²) in [7, 11) is 0. The Kier molecular flexibility index (Phi) is 5.63. The van der Waals surface area contributed by atoms with Gasteiger partial charge in [-0.2, -0.15) is 5.26 Å². The molecular formula is C17H12N4O5. The molecule has 9 nitrogen and oxygen atoms in total. The molecule has 0 saturated carbocycles. The van der Waals surface area contributed by atoms with Crippen LogP contribution in [0.2, 0.25) is 0 Å². The number of carbonyl (C=O) groups is 2. The van der Waals surface area contributed by atoms with Crippen LogP contribution in [0.3, 0.4) is 0 Å². The number of carboxylic acid groups (broad SMARTS) is 1. The van der Waals surface area contributed by atoms with E-state index in [0.717, 1.165) is 0 Å². The topological polar surface area (TPSA) is 145 Å². The van der Waals surface area contributed by atoms with E-state index >= 15 is 0 Å². The fourth-order valence-electron chi connectivity index (χ4n) is 1.88. The summed E-state index contributed by atoms with van der Waals surface area (Å²) in [4.78, 5) is 32.9. The Hall–Kier alpha value is -4.19. The molecule has 130 valence electrons. The van der Waals surface area contributed by atoms with Gasteiger partial charge in [0, 0.05) is 29.7 Å². The zero-order valence-corrected chi connectivity index (χ0v) is 13.2. The zero-order chi connectivity index (χ0) is 19.1. The van der Waals surface area contributed by atoms with Crippen LogP contribution in [0.5, 0.6) is 0 Å². The van der Waals surface area contributed by atoms with Crippen molar-refractivity contribution in [2.75, 3.05) is 10.6 Å². The van der Waals surface area contributed by atoms with Gasteiger partial charge < -0.3 is 15.7 Å². The Balaban J connectivity index is 2.05. The molecule has 0 aromatic heterocycles. The van der Waals surface area contributed by atoms with Gasteiger partial charge in [-0.1, -0.05) is 0 Å². The number of rotatable bonds is 6. The Labute approximate surface area is 147 Å². The standard InChI is InChI=1S/C17H12N4O5/c18-9-12(10-19-13-5-7-15(8-6-13)21(25)26)16(22)20-14-3-1-11(2-4-14)17(23)24/h1-8,10,19H,(H,20,22)(H,23,24)/b12-10-. The van der Waals surface area contributed by atoms with Gasteiger partial charge in [0.2, 0.25) is 0 Å². The highest BCUT2D eigenvalue weighted by Crippen LogP contribution is 2.16. The maximum Gasteiger partial charge on any atom is 0.335 e. The molecule has 0 spiro atoms. The minimum atomic E-state index is -1.09. The first-order valence-corrected chi connectivity index (χ1v) is 7.16. The first-order chi connectivity index (χ1) is 12.4. The summed E-state index contributed by atoms with van der Waals surface area (Å²) in [5.74, 6) is -1.78. The molecule has 1 amide bonds. The molecule has 9 heteroatoms. The number of aromatic carboxylic acids is 1. The average Bonchev–Trinajstić information content (AvgIpc) is 2.63. The molecule has 26 heavy (non-hydrogen) atoms. The Bertz CT molecular complexity index is 912. The van der Waals surface area contributed by atoms with Gasteiger partial charge in [-0.25, -0.2) is 4.79 Å². The minimum Gasteiger partial charge on any atom is -0.478 e. The van der Waals surface area contributed by atoms with Gasteiger partial charge in [0.1, 0.15) is 11.6 Å². The van der Waals surface area contributed by atoms with Gasteiger partial charge in [-0.05, 0) is 36.4 Å². The largest absolute Gasteiger partial charge is 0.478 e. The molecule has 0 heterocycles. The molecule has 0 fully saturated rings. The molecule has 0 saturated heterocycles. The van der Waals surface area contributed by atoms with Gasteiger partial charge in [0.05, 0.1) is 10.5 Å². The normalized spacial score (nSPS) is 10.5. The number of non-ortho nitro benzene ring substituents is 1. The predicted molar refractivity (Wildman–Crippen MR) is 92.4 cm³/mol. The molecule has 0 unspecified atom stereocenters. The van der Waals surface area contributed by atoms with Crippen LogP contribution in [-0.4, -0.2) is 21.9 Å². The van der Waals surface area contributed by atoms with E-state index in [0.29, 0.717) is 11.4 Å². The number of amides is 1. The molecule has 0 aliphatic carbocycles. The van der Waals surface area contributed by atoms with Crippen LogP contribution in [0.4, 0.5) is 17.1 Å². The number of nitro benzene ring substituents is 1. The van der Waals surface area contributed by atoms with Crippen molar-refractivity contribution in [3.8, 4) is 6.07 Å². The summed E-state index contributed by atoms with van der Waals surface area (Å²) < 4.78 is 0. The number of nitriles is 1. The third-order valence-corrected chi connectivity index (χ3v) is 3.22. The SMILES string of the molecule is N#C/C(=C/Nc1ccc([N+](=O)[O-])cc1)C(=O)Nc1ccc(C(=O)O)cc1. The molecular weight excluding hydrogens is 340 g/mol. The summed E-state index contributed by atoms with van der Waals surface area (Å²) in [5, 5.41) is 33.7. The van der Waals surface area contributed by atoms with Crippen molar-refractivity contribution in [2.24, 2.45) is 0 Å². The van der Waals surface area contributed by atoms with E-state index < -0.39 is 16.8 Å². The first kappa shape index (κ1) is 18.2. The maximum atomic E-state index is 12.1. The van der Waals surface area contributed by atoms with Crippen molar-refractivity contribution < 1.29 is 19.6 Å². The van der Waals surface area contributed by atoms with Crippen molar-refractivity contribution in [2.45, 2.75) is 0 Å². The molecule has 0 atom stereocenters. The number of carbonyl (C=O) groups excluding carboxylic acids is 1. The highest BCUT2D eigenvalue weighted by molar-refractivity contribution is 6.06. The second-order valence-electron chi connectivity index (χ2n) is 4.95. The van der Waals surface area contributed by atoms with Gasteiger partial charge in [0.15, 0.2) is 0 Å². The van der Waals surface area contributed by atoms with Crippen LogP contribution in [0.1, 0.15) is 10.4 Å². The molecule has 0 aliphatic rings. The van der Waals surface area contributed by atoms with E-state index in [1.54, 1.807) is 6.07 Å². The molecule has 0 bridgehead atoms. The number of carboxylic acids is 1. The number of nitrogens with one attached hydrogen (secondary N) is 2. The highest BCUT2D eigenvalue weighted by atomic mass is 16.6. The molecule has 2 rings (SSSR count). The van der Waals surface area contributed by atoms with Crippen molar-refractivity contribution in [1.82, 2.24) is 0 Å². The predicted octanol–water partition coefficient (Wildman–Crippen LogP) is 2.75. The Morgan fingerprint density at radius 1 is 1.08 bits per heavy atom. The Morgan fingerprint density at radius 2 is 1.65 bits per heavy atom. The first-order valence-electron chi connectivity index (χ1n) is 7.16.